The zero-order chi connectivity index (χ0) is 19.4. The van der Waals surface area contributed by atoms with Crippen LogP contribution in [0.4, 0.5) is 4.79 Å². The molecule has 2 aliphatic rings. The highest BCUT2D eigenvalue weighted by Crippen LogP contribution is 2.32. The number of aliphatic hydroxyl groups excluding tert-OH is 1. The fraction of sp³-hybridized carbons (Fsp3) is 0.389. The summed E-state index contributed by atoms with van der Waals surface area (Å²) in [5.74, 6) is 1.30. The number of carbonyl (C=O) groups excluding carboxylic acids is 3. The highest BCUT2D eigenvalue weighted by Gasteiger charge is 2.35. The van der Waals surface area contributed by atoms with E-state index in [1.807, 2.05) is 0 Å². The maximum absolute atomic E-state index is 12.5. The molecule has 27 heavy (non-hydrogen) atoms. The summed E-state index contributed by atoms with van der Waals surface area (Å²) in [6.45, 7) is 0.0202. The molecule has 3 rings (SSSR count). The Bertz CT molecular complexity index is 766. The highest BCUT2D eigenvalue weighted by atomic mass is 32.2. The highest BCUT2D eigenvalue weighted by molar-refractivity contribution is 8.18. The third-order valence-corrected chi connectivity index (χ3v) is 6.33. The second-order valence-corrected chi connectivity index (χ2v) is 8.20. The predicted molar refractivity (Wildman–Crippen MR) is 106 cm³/mol. The van der Waals surface area contributed by atoms with E-state index >= 15 is 0 Å². The van der Waals surface area contributed by atoms with Crippen LogP contribution >= 0.6 is 23.5 Å². The maximum Gasteiger partial charge on any atom is 0.293 e. The second kappa shape index (κ2) is 8.81. The minimum Gasteiger partial charge on any atom is -0.497 e. The van der Waals surface area contributed by atoms with Gasteiger partial charge in [0, 0.05) is 24.5 Å². The normalized spacial score (nSPS) is 23.9. The van der Waals surface area contributed by atoms with E-state index in [0.29, 0.717) is 22.2 Å². The van der Waals surface area contributed by atoms with Crippen molar-refractivity contribution in [2.45, 2.75) is 18.6 Å². The molecule has 2 unspecified atom stereocenters. The monoisotopic (exact) mass is 408 g/mol. The maximum atomic E-state index is 12.5. The number of rotatable bonds is 6. The molecule has 144 valence electrons. The molecular formula is C18H20N2O5S2. The molecule has 0 aliphatic carbocycles. The molecule has 1 aromatic rings. The number of amides is 3. The van der Waals surface area contributed by atoms with Crippen LogP contribution in [0.15, 0.2) is 29.2 Å². The van der Waals surface area contributed by atoms with Gasteiger partial charge in [-0.25, -0.2) is 0 Å². The lowest BCUT2D eigenvalue weighted by Crippen LogP contribution is -2.43. The Balaban J connectivity index is 1.57. The molecule has 0 spiro atoms. The van der Waals surface area contributed by atoms with Crippen molar-refractivity contribution in [1.82, 2.24) is 10.2 Å². The Morgan fingerprint density at radius 1 is 1.33 bits per heavy atom. The van der Waals surface area contributed by atoms with E-state index in [1.165, 1.54) is 0 Å². The Hall–Kier alpha value is -1.97. The first-order valence-electron chi connectivity index (χ1n) is 8.42. The number of imide groups is 1. The minimum absolute atomic E-state index is 0.0156. The fourth-order valence-corrected chi connectivity index (χ4v) is 4.75. The zero-order valence-electron chi connectivity index (χ0n) is 14.7. The van der Waals surface area contributed by atoms with Crippen molar-refractivity contribution < 1.29 is 24.2 Å². The SMILES string of the molecule is COc1ccc(/C=C2/SC(=O)N(CCC(=O)NC3CSCC3O)C2=O)cc1. The third kappa shape index (κ3) is 4.85. The average molecular weight is 409 g/mol. The number of aliphatic hydroxyl groups is 1. The summed E-state index contributed by atoms with van der Waals surface area (Å²) in [4.78, 5) is 38.0. The van der Waals surface area contributed by atoms with Crippen molar-refractivity contribution in [1.29, 1.82) is 0 Å². The second-order valence-electron chi connectivity index (χ2n) is 6.14. The van der Waals surface area contributed by atoms with E-state index in [4.69, 9.17) is 4.74 Å². The summed E-state index contributed by atoms with van der Waals surface area (Å²) >= 11 is 2.44. The number of thioether (sulfide) groups is 2. The molecule has 0 aromatic heterocycles. The number of ether oxygens (including phenoxy) is 1. The van der Waals surface area contributed by atoms with Crippen molar-refractivity contribution in [3.05, 3.63) is 34.7 Å². The molecule has 2 atom stereocenters. The van der Waals surface area contributed by atoms with Crippen molar-refractivity contribution in [3.63, 3.8) is 0 Å². The van der Waals surface area contributed by atoms with Crippen LogP contribution in [0.1, 0.15) is 12.0 Å². The van der Waals surface area contributed by atoms with Gasteiger partial charge in [0.25, 0.3) is 11.1 Å². The standard InChI is InChI=1S/C18H20N2O5S2/c1-25-12-4-2-11(3-5-12)8-15-17(23)20(18(24)27-15)7-6-16(22)19-13-9-26-10-14(13)21/h2-5,8,13-14,21H,6-7,9-10H2,1H3,(H,19,22)/b15-8+. The van der Waals surface area contributed by atoms with Crippen LogP contribution < -0.4 is 10.1 Å². The van der Waals surface area contributed by atoms with Gasteiger partial charge in [-0.3, -0.25) is 19.3 Å². The number of hydrogen-bond acceptors (Lipinski definition) is 7. The van der Waals surface area contributed by atoms with Gasteiger partial charge in [-0.15, -0.1) is 0 Å². The molecule has 2 fully saturated rings. The van der Waals surface area contributed by atoms with Crippen LogP contribution in [0, 0.1) is 0 Å². The fourth-order valence-electron chi connectivity index (χ4n) is 2.72. The van der Waals surface area contributed by atoms with Gasteiger partial charge >= 0.3 is 0 Å². The molecule has 0 bridgehead atoms. The van der Waals surface area contributed by atoms with E-state index in [-0.39, 0.29) is 30.2 Å². The van der Waals surface area contributed by atoms with E-state index < -0.39 is 12.0 Å². The predicted octanol–water partition coefficient (Wildman–Crippen LogP) is 1.71. The van der Waals surface area contributed by atoms with Gasteiger partial charge in [-0.05, 0) is 35.5 Å². The quantitative estimate of drug-likeness (QED) is 0.692. The first kappa shape index (κ1) is 19.8. The van der Waals surface area contributed by atoms with Crippen LogP contribution in [0.25, 0.3) is 6.08 Å². The molecule has 2 N–H and O–H groups in total. The smallest absolute Gasteiger partial charge is 0.293 e. The third-order valence-electron chi connectivity index (χ3n) is 4.25. The summed E-state index contributed by atoms with van der Waals surface area (Å²) in [6.07, 6.45) is 1.11. The van der Waals surface area contributed by atoms with Gasteiger partial charge in [0.1, 0.15) is 5.75 Å². The van der Waals surface area contributed by atoms with E-state index in [1.54, 1.807) is 49.2 Å². The van der Waals surface area contributed by atoms with Gasteiger partial charge in [0.15, 0.2) is 0 Å². The zero-order valence-corrected chi connectivity index (χ0v) is 16.3. The largest absolute Gasteiger partial charge is 0.497 e. The first-order valence-corrected chi connectivity index (χ1v) is 10.4. The van der Waals surface area contributed by atoms with Crippen molar-refractivity contribution >= 4 is 46.7 Å². The lowest BCUT2D eigenvalue weighted by Gasteiger charge is -2.17. The molecule has 2 heterocycles. The van der Waals surface area contributed by atoms with Crippen LogP contribution in [0.5, 0.6) is 5.75 Å². The Morgan fingerprint density at radius 2 is 2.07 bits per heavy atom. The Kier molecular flexibility index (Phi) is 6.46. The van der Waals surface area contributed by atoms with Gasteiger partial charge in [-0.1, -0.05) is 12.1 Å². The topological polar surface area (TPSA) is 95.9 Å². The molecular weight excluding hydrogens is 388 g/mol. The molecule has 9 heteroatoms. The average Bonchev–Trinajstić information content (AvgIpc) is 3.17. The van der Waals surface area contributed by atoms with Crippen LogP contribution in [0.2, 0.25) is 0 Å². The number of hydrogen-bond donors (Lipinski definition) is 2. The van der Waals surface area contributed by atoms with Crippen LogP contribution in [-0.2, 0) is 9.59 Å². The molecule has 0 radical (unpaired) electrons. The number of carbonyl (C=O) groups is 3. The number of benzene rings is 1. The number of methoxy groups -OCH3 is 1. The molecule has 2 saturated heterocycles. The summed E-state index contributed by atoms with van der Waals surface area (Å²) in [5.41, 5.74) is 0.784. The molecule has 2 aliphatic heterocycles. The lowest BCUT2D eigenvalue weighted by atomic mass is 10.2. The molecule has 1 aromatic carbocycles. The first-order chi connectivity index (χ1) is 13.0. The van der Waals surface area contributed by atoms with Gasteiger partial charge in [0.2, 0.25) is 5.91 Å². The van der Waals surface area contributed by atoms with E-state index in [9.17, 15) is 19.5 Å². The van der Waals surface area contributed by atoms with Crippen molar-refractivity contribution in [3.8, 4) is 5.75 Å². The Labute approximate surface area is 165 Å². The molecule has 3 amide bonds. The Morgan fingerprint density at radius 3 is 2.70 bits per heavy atom. The van der Waals surface area contributed by atoms with Gasteiger partial charge in [0.05, 0.1) is 24.2 Å². The summed E-state index contributed by atoms with van der Waals surface area (Å²) in [5, 5.41) is 12.1. The summed E-state index contributed by atoms with van der Waals surface area (Å²) < 4.78 is 5.09. The number of nitrogens with one attached hydrogen (secondary N) is 1. The van der Waals surface area contributed by atoms with E-state index in [2.05, 4.69) is 5.32 Å². The van der Waals surface area contributed by atoms with Crippen LogP contribution in [-0.4, -0.2) is 64.4 Å². The van der Waals surface area contributed by atoms with Gasteiger partial charge < -0.3 is 15.2 Å². The molecule has 7 nitrogen and oxygen atoms in total. The van der Waals surface area contributed by atoms with E-state index in [0.717, 1.165) is 22.2 Å². The van der Waals surface area contributed by atoms with Crippen LogP contribution in [0.3, 0.4) is 0 Å². The van der Waals surface area contributed by atoms with Crippen molar-refractivity contribution in [2.24, 2.45) is 0 Å². The van der Waals surface area contributed by atoms with Gasteiger partial charge in [-0.2, -0.15) is 11.8 Å². The summed E-state index contributed by atoms with van der Waals surface area (Å²) in [7, 11) is 1.57. The van der Waals surface area contributed by atoms with Crippen molar-refractivity contribution in [2.75, 3.05) is 25.2 Å². The minimum atomic E-state index is -0.552. The molecule has 0 saturated carbocycles. The summed E-state index contributed by atoms with van der Waals surface area (Å²) in [6, 6.07) is 6.87. The lowest BCUT2D eigenvalue weighted by molar-refractivity contribution is -0.124. The number of nitrogens with zero attached hydrogens (tertiary/aromatic N) is 1.